The van der Waals surface area contributed by atoms with Crippen molar-refractivity contribution >= 4 is 60.7 Å². The molecule has 0 amide bonds. The molecule has 7 aromatic carbocycles. The minimum absolute atomic E-state index is 0.890. The van der Waals surface area contributed by atoms with E-state index in [0.717, 1.165) is 50.6 Å². The van der Waals surface area contributed by atoms with Gasteiger partial charge in [-0.3, -0.25) is 13.5 Å². The lowest BCUT2D eigenvalue weighted by Crippen LogP contribution is -1.98. The molecule has 5 nitrogen and oxygen atoms in total. The first-order valence-electron chi connectivity index (χ1n) is 17.0. The van der Waals surface area contributed by atoms with Gasteiger partial charge in [0.1, 0.15) is 5.52 Å². The fourth-order valence-corrected chi connectivity index (χ4v) is 8.03. The Morgan fingerprint density at radius 1 is 0.340 bits per heavy atom. The molecule has 0 unspecified atom stereocenters. The summed E-state index contributed by atoms with van der Waals surface area (Å²) in [4.78, 5) is 5.52. The maximum absolute atomic E-state index is 5.52. The number of nitrogens with zero attached hydrogens (tertiary/aromatic N) is 5. The molecule has 0 spiro atoms. The number of imidazole rings is 2. The molecule has 0 aliphatic rings. The Morgan fingerprint density at radius 2 is 0.920 bits per heavy atom. The predicted octanol–water partition coefficient (Wildman–Crippen LogP) is 11.1. The summed E-state index contributed by atoms with van der Waals surface area (Å²) >= 11 is 0. The number of rotatable bonds is 4. The Hall–Kier alpha value is -6.85. The van der Waals surface area contributed by atoms with Crippen LogP contribution in [0.1, 0.15) is 0 Å². The van der Waals surface area contributed by atoms with E-state index < -0.39 is 0 Å². The van der Waals surface area contributed by atoms with Crippen LogP contribution >= 0.6 is 0 Å². The van der Waals surface area contributed by atoms with Crippen LogP contribution in [0.5, 0.6) is 0 Å². The van der Waals surface area contributed by atoms with Gasteiger partial charge in [0.15, 0.2) is 5.65 Å². The first kappa shape index (κ1) is 27.1. The summed E-state index contributed by atoms with van der Waals surface area (Å²) < 4.78 is 9.35. The highest BCUT2D eigenvalue weighted by Gasteiger charge is 2.24. The van der Waals surface area contributed by atoms with Crippen molar-refractivity contribution in [1.82, 2.24) is 23.1 Å². The maximum Gasteiger partial charge on any atom is 0.222 e. The quantitative estimate of drug-likeness (QED) is 0.189. The van der Waals surface area contributed by atoms with Gasteiger partial charge in [-0.15, -0.1) is 0 Å². The van der Waals surface area contributed by atoms with Gasteiger partial charge < -0.3 is 4.57 Å². The van der Waals surface area contributed by atoms with Gasteiger partial charge in [0, 0.05) is 33.2 Å². The second-order valence-electron chi connectivity index (χ2n) is 12.9. The van der Waals surface area contributed by atoms with E-state index in [-0.39, 0.29) is 0 Å². The number of fused-ring (bicyclic) bond motifs is 10. The van der Waals surface area contributed by atoms with E-state index >= 15 is 0 Å². The van der Waals surface area contributed by atoms with Crippen LogP contribution < -0.4 is 0 Å². The van der Waals surface area contributed by atoms with Crippen molar-refractivity contribution in [2.75, 3.05) is 0 Å². The summed E-state index contributed by atoms with van der Waals surface area (Å²) in [5, 5.41) is 3.61. The van der Waals surface area contributed by atoms with E-state index in [0.29, 0.717) is 0 Å². The second-order valence-corrected chi connectivity index (χ2v) is 12.9. The normalized spacial score (nSPS) is 12.0. The van der Waals surface area contributed by atoms with Crippen molar-refractivity contribution in [2.45, 2.75) is 0 Å². The standard InChI is InChI=1S/C45H29N5/c1-3-14-30(15-4-1)31-16-13-19-33(28-31)48-39-23-10-8-21-36(39)43-44(48)46-45-49(41-24-11-12-25-42(41)50(43)45)34-26-27-40-37(29-34)35-20-7-9-22-38(35)47(40)32-17-5-2-6-18-32/h1-29H. The van der Waals surface area contributed by atoms with E-state index in [2.05, 4.69) is 194 Å². The second kappa shape index (κ2) is 10.3. The topological polar surface area (TPSA) is 32.1 Å². The van der Waals surface area contributed by atoms with Crippen LogP contribution in [0, 0.1) is 0 Å². The van der Waals surface area contributed by atoms with Crippen LogP contribution in [0.15, 0.2) is 176 Å². The smallest absolute Gasteiger partial charge is 0.222 e. The number of para-hydroxylation sites is 5. The van der Waals surface area contributed by atoms with Crippen molar-refractivity contribution in [3.63, 3.8) is 0 Å². The molecule has 4 aromatic heterocycles. The Kier molecular flexibility index (Phi) is 5.60. The molecule has 11 aromatic rings. The third kappa shape index (κ3) is 3.74. The number of aromatic nitrogens is 5. The third-order valence-corrected chi connectivity index (χ3v) is 10.2. The molecule has 0 saturated carbocycles. The zero-order valence-electron chi connectivity index (χ0n) is 27.0. The van der Waals surface area contributed by atoms with Crippen LogP contribution in [0.2, 0.25) is 0 Å². The maximum atomic E-state index is 5.52. The summed E-state index contributed by atoms with van der Waals surface area (Å²) in [6, 6.07) is 62.8. The van der Waals surface area contributed by atoms with Crippen molar-refractivity contribution < 1.29 is 0 Å². The highest BCUT2D eigenvalue weighted by molar-refractivity contribution is 6.11. The van der Waals surface area contributed by atoms with E-state index in [1.807, 2.05) is 0 Å². The first-order valence-corrected chi connectivity index (χ1v) is 17.0. The molecule has 0 aliphatic carbocycles. The highest BCUT2D eigenvalue weighted by atomic mass is 15.2. The van der Waals surface area contributed by atoms with Gasteiger partial charge in [-0.1, -0.05) is 109 Å². The summed E-state index contributed by atoms with van der Waals surface area (Å²) in [7, 11) is 0. The van der Waals surface area contributed by atoms with Crippen LogP contribution in [0.25, 0.3) is 88.9 Å². The fraction of sp³-hybridized carbons (Fsp3) is 0. The average molecular weight is 640 g/mol. The molecule has 50 heavy (non-hydrogen) atoms. The molecule has 234 valence electrons. The van der Waals surface area contributed by atoms with Gasteiger partial charge >= 0.3 is 0 Å². The molecular formula is C45H29N5. The highest BCUT2D eigenvalue weighted by Crippen LogP contribution is 2.39. The zero-order valence-corrected chi connectivity index (χ0v) is 27.0. The Balaban J connectivity index is 1.21. The van der Waals surface area contributed by atoms with Gasteiger partial charge in [-0.2, -0.15) is 4.98 Å². The molecule has 0 aliphatic heterocycles. The van der Waals surface area contributed by atoms with E-state index in [1.54, 1.807) is 0 Å². The molecule has 0 atom stereocenters. The zero-order chi connectivity index (χ0) is 32.8. The molecule has 5 heteroatoms. The predicted molar refractivity (Wildman–Crippen MR) is 206 cm³/mol. The number of hydrogen-bond donors (Lipinski definition) is 0. The van der Waals surface area contributed by atoms with Crippen LogP contribution in [0.3, 0.4) is 0 Å². The molecule has 0 saturated heterocycles. The third-order valence-electron chi connectivity index (χ3n) is 10.2. The molecule has 4 heterocycles. The Bertz CT molecular complexity index is 3080. The van der Waals surface area contributed by atoms with Crippen LogP contribution in [-0.2, 0) is 0 Å². The summed E-state index contributed by atoms with van der Waals surface area (Å²) in [6.45, 7) is 0. The Labute approximate surface area is 287 Å². The van der Waals surface area contributed by atoms with E-state index in [4.69, 9.17) is 4.98 Å². The van der Waals surface area contributed by atoms with Gasteiger partial charge in [-0.05, 0) is 77.9 Å². The van der Waals surface area contributed by atoms with Gasteiger partial charge in [0.25, 0.3) is 0 Å². The minimum atomic E-state index is 0.890. The van der Waals surface area contributed by atoms with Crippen molar-refractivity contribution in [3.05, 3.63) is 176 Å². The van der Waals surface area contributed by atoms with Gasteiger partial charge in [0.05, 0.1) is 27.6 Å². The lowest BCUT2D eigenvalue weighted by Gasteiger charge is -2.10. The SMILES string of the molecule is c1ccc(-c2cccc(-n3c4ccccc4c4c3nc3n(-c5ccc6c(c5)c5ccccc5n6-c5ccccc5)c5ccccc5n43)c2)cc1. The summed E-state index contributed by atoms with van der Waals surface area (Å²) in [6.07, 6.45) is 0. The summed E-state index contributed by atoms with van der Waals surface area (Å²) in [5.74, 6) is 0.890. The minimum Gasteiger partial charge on any atom is -0.309 e. The van der Waals surface area contributed by atoms with Gasteiger partial charge in [-0.25, -0.2) is 0 Å². The fourth-order valence-electron chi connectivity index (χ4n) is 8.03. The van der Waals surface area contributed by atoms with Crippen LogP contribution in [-0.4, -0.2) is 23.1 Å². The van der Waals surface area contributed by atoms with E-state index in [9.17, 15) is 0 Å². The largest absolute Gasteiger partial charge is 0.309 e. The number of benzene rings is 7. The van der Waals surface area contributed by atoms with Gasteiger partial charge in [0.2, 0.25) is 5.78 Å². The first-order chi connectivity index (χ1) is 24.8. The molecule has 0 N–H and O–H groups in total. The average Bonchev–Trinajstić information content (AvgIpc) is 3.90. The molecular weight excluding hydrogens is 611 g/mol. The lowest BCUT2D eigenvalue weighted by molar-refractivity contribution is 1.09. The van der Waals surface area contributed by atoms with Crippen LogP contribution in [0.4, 0.5) is 0 Å². The lowest BCUT2D eigenvalue weighted by atomic mass is 10.1. The molecule has 11 rings (SSSR count). The van der Waals surface area contributed by atoms with Crippen molar-refractivity contribution in [3.8, 4) is 28.2 Å². The molecule has 0 fully saturated rings. The molecule has 0 radical (unpaired) electrons. The summed E-state index contributed by atoms with van der Waals surface area (Å²) in [5.41, 5.74) is 13.5. The van der Waals surface area contributed by atoms with Crippen molar-refractivity contribution in [1.29, 1.82) is 0 Å². The van der Waals surface area contributed by atoms with E-state index in [1.165, 1.54) is 38.3 Å². The number of hydrogen-bond acceptors (Lipinski definition) is 1. The van der Waals surface area contributed by atoms with Crippen molar-refractivity contribution in [2.24, 2.45) is 0 Å². The monoisotopic (exact) mass is 639 g/mol. The Morgan fingerprint density at radius 3 is 1.72 bits per heavy atom. The molecule has 0 bridgehead atoms.